The largest absolute Gasteiger partial charge is 0.326 e. The fourth-order valence-electron chi connectivity index (χ4n) is 2.49. The van der Waals surface area contributed by atoms with Gasteiger partial charge in [0.15, 0.2) is 0 Å². The van der Waals surface area contributed by atoms with Crippen molar-refractivity contribution in [3.63, 3.8) is 0 Å². The smallest absolute Gasteiger partial charge is 0.242 e. The number of hydrogen-bond donors (Lipinski definition) is 2. The highest BCUT2D eigenvalue weighted by Crippen LogP contribution is 2.31. The average molecular weight is 396 g/mol. The Balaban J connectivity index is 1.97. The van der Waals surface area contributed by atoms with Crippen LogP contribution in [0.5, 0.6) is 0 Å². The highest BCUT2D eigenvalue weighted by atomic mass is 79.9. The van der Waals surface area contributed by atoms with Crippen molar-refractivity contribution in [2.75, 3.05) is 19.6 Å². The fraction of sp³-hybridized carbons (Fsp3) is 0.692. The third-order valence-electron chi connectivity index (χ3n) is 3.81. The van der Waals surface area contributed by atoms with Crippen LogP contribution in [0.4, 0.5) is 0 Å². The lowest BCUT2D eigenvalue weighted by Gasteiger charge is -2.20. The Morgan fingerprint density at radius 1 is 1.57 bits per heavy atom. The molecule has 0 aliphatic carbocycles. The summed E-state index contributed by atoms with van der Waals surface area (Å²) in [6, 6.07) is 2.16. The minimum atomic E-state index is -3.47. The molecule has 2 rings (SSSR count). The Hall–Kier alpha value is 0.01000. The van der Waals surface area contributed by atoms with E-state index in [1.54, 1.807) is 6.07 Å². The first-order valence-corrected chi connectivity index (χ1v) is 10.1. The first kappa shape index (κ1) is 17.4. The summed E-state index contributed by atoms with van der Waals surface area (Å²) < 4.78 is 28.1. The van der Waals surface area contributed by atoms with Crippen LogP contribution in [0.3, 0.4) is 0 Å². The van der Waals surface area contributed by atoms with Crippen LogP contribution in [0.2, 0.25) is 0 Å². The molecule has 2 heterocycles. The number of likely N-dealkylation sites (tertiary alicyclic amines) is 1. The van der Waals surface area contributed by atoms with Crippen LogP contribution in [-0.4, -0.2) is 39.0 Å². The monoisotopic (exact) mass is 395 g/mol. The Bertz CT molecular complexity index is 586. The van der Waals surface area contributed by atoms with Gasteiger partial charge in [-0.25, -0.2) is 13.1 Å². The van der Waals surface area contributed by atoms with Crippen LogP contribution in [-0.2, 0) is 16.6 Å². The zero-order chi connectivity index (χ0) is 15.6. The van der Waals surface area contributed by atoms with Gasteiger partial charge < -0.3 is 10.6 Å². The zero-order valence-electron chi connectivity index (χ0n) is 12.3. The van der Waals surface area contributed by atoms with Crippen molar-refractivity contribution in [3.05, 3.63) is 14.7 Å². The maximum atomic E-state index is 12.4. The third-order valence-corrected chi connectivity index (χ3v) is 7.50. The summed E-state index contributed by atoms with van der Waals surface area (Å²) >= 11 is 4.68. The van der Waals surface area contributed by atoms with Gasteiger partial charge in [0.05, 0.1) is 3.79 Å². The number of sulfonamides is 1. The van der Waals surface area contributed by atoms with Crippen LogP contribution in [0, 0.1) is 5.92 Å². The van der Waals surface area contributed by atoms with Gasteiger partial charge in [-0.05, 0) is 54.7 Å². The minimum Gasteiger partial charge on any atom is -0.326 e. The van der Waals surface area contributed by atoms with E-state index in [9.17, 15) is 8.42 Å². The van der Waals surface area contributed by atoms with E-state index < -0.39 is 10.0 Å². The summed E-state index contributed by atoms with van der Waals surface area (Å²) in [5.41, 5.74) is 5.56. The van der Waals surface area contributed by atoms with Crippen molar-refractivity contribution in [3.8, 4) is 0 Å². The molecule has 1 aromatic heterocycles. The van der Waals surface area contributed by atoms with Crippen molar-refractivity contribution < 1.29 is 8.42 Å². The summed E-state index contributed by atoms with van der Waals surface area (Å²) in [6.45, 7) is 7.19. The summed E-state index contributed by atoms with van der Waals surface area (Å²) in [6.07, 6.45) is 1.04. The topological polar surface area (TPSA) is 75.4 Å². The van der Waals surface area contributed by atoms with Gasteiger partial charge in [-0.15, -0.1) is 11.3 Å². The summed E-state index contributed by atoms with van der Waals surface area (Å²) in [5.74, 6) is 0.383. The fourth-order valence-corrected chi connectivity index (χ4v) is 6.16. The molecule has 0 amide bonds. The van der Waals surface area contributed by atoms with Crippen LogP contribution >= 0.6 is 27.3 Å². The SMILES string of the molecule is CC(C)N1CCC(CNS(=O)(=O)c2cc(CN)sc2Br)C1. The second-order valence-corrected chi connectivity index (χ2v) is 9.84. The van der Waals surface area contributed by atoms with E-state index in [0.717, 1.165) is 24.4 Å². The van der Waals surface area contributed by atoms with Crippen LogP contribution < -0.4 is 10.5 Å². The van der Waals surface area contributed by atoms with Crippen molar-refractivity contribution in [1.82, 2.24) is 9.62 Å². The van der Waals surface area contributed by atoms with Crippen molar-refractivity contribution >= 4 is 37.3 Å². The molecule has 1 aliphatic rings. The predicted octanol–water partition coefficient (Wildman–Crippen LogP) is 1.98. The van der Waals surface area contributed by atoms with E-state index in [1.165, 1.54) is 11.3 Å². The molecule has 0 bridgehead atoms. The summed E-state index contributed by atoms with van der Waals surface area (Å²) in [5, 5.41) is 0. The molecule has 1 unspecified atom stereocenters. The number of halogens is 1. The Kier molecular flexibility index (Phi) is 5.84. The van der Waals surface area contributed by atoms with Crippen molar-refractivity contribution in [2.45, 2.75) is 37.8 Å². The van der Waals surface area contributed by atoms with Gasteiger partial charge in [-0.2, -0.15) is 0 Å². The molecule has 3 N–H and O–H groups in total. The molecule has 1 atom stereocenters. The summed E-state index contributed by atoms with van der Waals surface area (Å²) in [7, 11) is -3.47. The van der Waals surface area contributed by atoms with E-state index in [2.05, 4.69) is 39.4 Å². The van der Waals surface area contributed by atoms with Gasteiger partial charge in [-0.1, -0.05) is 0 Å². The van der Waals surface area contributed by atoms with Crippen LogP contribution in [0.1, 0.15) is 25.1 Å². The third kappa shape index (κ3) is 4.27. The van der Waals surface area contributed by atoms with E-state index >= 15 is 0 Å². The van der Waals surface area contributed by atoms with Gasteiger partial charge in [0.25, 0.3) is 0 Å². The maximum absolute atomic E-state index is 12.4. The highest BCUT2D eigenvalue weighted by Gasteiger charge is 2.27. The normalized spacial score (nSPS) is 20.5. The first-order valence-electron chi connectivity index (χ1n) is 7.05. The number of nitrogens with two attached hydrogens (primary N) is 1. The molecule has 1 saturated heterocycles. The van der Waals surface area contributed by atoms with E-state index in [4.69, 9.17) is 5.73 Å². The zero-order valence-corrected chi connectivity index (χ0v) is 15.5. The molecule has 1 fully saturated rings. The molecule has 21 heavy (non-hydrogen) atoms. The van der Waals surface area contributed by atoms with Gasteiger partial charge in [0.2, 0.25) is 10.0 Å². The molecule has 120 valence electrons. The molecule has 0 radical (unpaired) electrons. The van der Waals surface area contributed by atoms with E-state index in [1.807, 2.05) is 0 Å². The molecule has 0 spiro atoms. The van der Waals surface area contributed by atoms with Crippen molar-refractivity contribution in [1.29, 1.82) is 0 Å². The number of nitrogens with zero attached hydrogens (tertiary/aromatic N) is 1. The van der Waals surface area contributed by atoms with Gasteiger partial charge in [0, 0.05) is 30.6 Å². The predicted molar refractivity (Wildman–Crippen MR) is 89.9 cm³/mol. The van der Waals surface area contributed by atoms with Gasteiger partial charge in [0.1, 0.15) is 4.90 Å². The van der Waals surface area contributed by atoms with Crippen molar-refractivity contribution in [2.24, 2.45) is 11.7 Å². The molecule has 0 aromatic carbocycles. The summed E-state index contributed by atoms with van der Waals surface area (Å²) in [4.78, 5) is 3.53. The second kappa shape index (κ2) is 7.06. The first-order chi connectivity index (χ1) is 9.83. The lowest BCUT2D eigenvalue weighted by molar-refractivity contribution is 0.265. The Morgan fingerprint density at radius 3 is 2.81 bits per heavy atom. The molecule has 0 saturated carbocycles. The van der Waals surface area contributed by atoms with Crippen LogP contribution in [0.25, 0.3) is 0 Å². The Labute approximate surface area is 139 Å². The van der Waals surface area contributed by atoms with Crippen LogP contribution in [0.15, 0.2) is 14.7 Å². The van der Waals surface area contributed by atoms with Gasteiger partial charge in [-0.3, -0.25) is 0 Å². The lowest BCUT2D eigenvalue weighted by atomic mass is 10.1. The van der Waals surface area contributed by atoms with Gasteiger partial charge >= 0.3 is 0 Å². The molecular weight excluding hydrogens is 374 g/mol. The molecule has 1 aliphatic heterocycles. The average Bonchev–Trinajstić information content (AvgIpc) is 3.03. The second-order valence-electron chi connectivity index (χ2n) is 5.65. The van der Waals surface area contributed by atoms with E-state index in [0.29, 0.717) is 33.7 Å². The lowest BCUT2D eigenvalue weighted by Crippen LogP contribution is -2.33. The number of nitrogens with one attached hydrogen (secondary N) is 1. The molecule has 1 aromatic rings. The van der Waals surface area contributed by atoms with E-state index in [-0.39, 0.29) is 0 Å². The number of rotatable bonds is 6. The number of thiophene rings is 1. The standard InChI is InChI=1S/C13H22BrN3O2S2/c1-9(2)17-4-3-10(8-17)7-16-21(18,19)12-5-11(6-15)20-13(12)14/h5,9-10,16H,3-4,6-8,15H2,1-2H3. The number of hydrogen-bond acceptors (Lipinski definition) is 5. The minimum absolute atomic E-state index is 0.298. The molecule has 8 heteroatoms. The molecular formula is C13H22BrN3O2S2. The Morgan fingerprint density at radius 2 is 2.29 bits per heavy atom. The highest BCUT2D eigenvalue weighted by molar-refractivity contribution is 9.11. The quantitative estimate of drug-likeness (QED) is 0.771. The molecule has 5 nitrogen and oxygen atoms in total. The maximum Gasteiger partial charge on any atom is 0.242 e.